The predicted octanol–water partition coefficient (Wildman–Crippen LogP) is 3.10. The van der Waals surface area contributed by atoms with Gasteiger partial charge in [-0.1, -0.05) is 37.3 Å². The van der Waals surface area contributed by atoms with Crippen LogP contribution in [0.3, 0.4) is 0 Å². The molecular formula is C17H20O3. The van der Waals surface area contributed by atoms with Gasteiger partial charge < -0.3 is 9.47 Å². The molecule has 1 aliphatic carbocycles. The monoisotopic (exact) mass is 272 g/mol. The van der Waals surface area contributed by atoms with Crippen LogP contribution in [0.15, 0.2) is 41.7 Å². The van der Waals surface area contributed by atoms with Crippen molar-refractivity contribution in [2.24, 2.45) is 11.3 Å². The lowest BCUT2D eigenvalue weighted by Gasteiger charge is -2.32. The Morgan fingerprint density at radius 1 is 1.40 bits per heavy atom. The second kappa shape index (κ2) is 4.97. The van der Waals surface area contributed by atoms with E-state index in [2.05, 4.69) is 19.1 Å². The van der Waals surface area contributed by atoms with E-state index < -0.39 is 0 Å². The van der Waals surface area contributed by atoms with Crippen LogP contribution in [0.4, 0.5) is 0 Å². The zero-order valence-electron chi connectivity index (χ0n) is 12.0. The smallest absolute Gasteiger partial charge is 0.310 e. The summed E-state index contributed by atoms with van der Waals surface area (Å²) in [7, 11) is 1.47. The van der Waals surface area contributed by atoms with Crippen LogP contribution in [-0.4, -0.2) is 19.7 Å². The van der Waals surface area contributed by atoms with Crippen LogP contribution in [0.5, 0.6) is 0 Å². The van der Waals surface area contributed by atoms with Crippen molar-refractivity contribution in [1.29, 1.82) is 0 Å². The van der Waals surface area contributed by atoms with Crippen molar-refractivity contribution in [2.45, 2.75) is 26.2 Å². The van der Waals surface area contributed by atoms with Crippen molar-refractivity contribution in [1.82, 2.24) is 0 Å². The maximum Gasteiger partial charge on any atom is 0.310 e. The summed E-state index contributed by atoms with van der Waals surface area (Å²) in [5.74, 6) is 0.788. The number of ether oxygens (including phenoxy) is 2. The van der Waals surface area contributed by atoms with Crippen LogP contribution < -0.4 is 0 Å². The molecule has 0 unspecified atom stereocenters. The fourth-order valence-electron chi connectivity index (χ4n) is 3.59. The number of carbonyl (C=O) groups excluding carboxylic acids is 1. The first-order valence-electron chi connectivity index (χ1n) is 7.12. The van der Waals surface area contributed by atoms with Crippen LogP contribution in [0.25, 0.3) is 0 Å². The molecule has 0 bridgehead atoms. The maximum atomic E-state index is 12.1. The molecule has 3 nitrogen and oxygen atoms in total. The summed E-state index contributed by atoms with van der Waals surface area (Å²) < 4.78 is 10.9. The molecule has 106 valence electrons. The van der Waals surface area contributed by atoms with Gasteiger partial charge in [-0.15, -0.1) is 0 Å². The highest BCUT2D eigenvalue weighted by atomic mass is 16.5. The second-order valence-corrected chi connectivity index (χ2v) is 5.89. The molecule has 0 amide bonds. The Kier molecular flexibility index (Phi) is 3.28. The number of carbonyl (C=O) groups is 1. The summed E-state index contributed by atoms with van der Waals surface area (Å²) in [6, 6.07) is 10.3. The fourth-order valence-corrected chi connectivity index (χ4v) is 3.59. The van der Waals surface area contributed by atoms with E-state index in [4.69, 9.17) is 9.47 Å². The third-order valence-electron chi connectivity index (χ3n) is 4.61. The summed E-state index contributed by atoms with van der Waals surface area (Å²) in [5.41, 5.74) is 2.26. The Bertz CT molecular complexity index is 547. The molecule has 0 aromatic heterocycles. The lowest BCUT2D eigenvalue weighted by atomic mass is 9.74. The Morgan fingerprint density at radius 2 is 2.15 bits per heavy atom. The molecule has 2 aliphatic rings. The normalized spacial score (nSPS) is 28.2. The van der Waals surface area contributed by atoms with Gasteiger partial charge in [0, 0.05) is 11.8 Å². The van der Waals surface area contributed by atoms with Crippen molar-refractivity contribution < 1.29 is 14.3 Å². The van der Waals surface area contributed by atoms with Gasteiger partial charge in [0.25, 0.3) is 0 Å². The number of allylic oxidation sites excluding steroid dienone is 1. The van der Waals surface area contributed by atoms with E-state index in [9.17, 15) is 4.79 Å². The molecule has 1 aromatic rings. The van der Waals surface area contributed by atoms with E-state index in [1.54, 1.807) is 0 Å². The first kappa shape index (κ1) is 13.2. The lowest BCUT2D eigenvalue weighted by Crippen LogP contribution is -2.35. The average molecular weight is 272 g/mol. The number of rotatable bonds is 3. The summed E-state index contributed by atoms with van der Waals surface area (Å²) in [4.78, 5) is 12.1. The Labute approximate surface area is 119 Å². The Hall–Kier alpha value is -1.77. The molecule has 3 rings (SSSR count). The van der Waals surface area contributed by atoms with Crippen LogP contribution in [0.1, 0.15) is 25.3 Å². The van der Waals surface area contributed by atoms with Gasteiger partial charge in [0.05, 0.1) is 19.6 Å². The number of benzene rings is 1. The van der Waals surface area contributed by atoms with Gasteiger partial charge in [-0.25, -0.2) is 0 Å². The van der Waals surface area contributed by atoms with E-state index in [0.29, 0.717) is 0 Å². The largest absolute Gasteiger partial charge is 0.497 e. The number of hydrogen-bond acceptors (Lipinski definition) is 3. The molecule has 1 aromatic carbocycles. The molecule has 0 fully saturated rings. The van der Waals surface area contributed by atoms with E-state index in [0.717, 1.165) is 31.6 Å². The maximum absolute atomic E-state index is 12.1. The molecule has 1 heterocycles. The van der Waals surface area contributed by atoms with Crippen LogP contribution >= 0.6 is 0 Å². The molecule has 0 radical (unpaired) electrons. The first-order valence-corrected chi connectivity index (χ1v) is 7.12. The van der Waals surface area contributed by atoms with Crippen molar-refractivity contribution >= 4 is 5.97 Å². The molecule has 0 saturated heterocycles. The van der Waals surface area contributed by atoms with Gasteiger partial charge in [-0.05, 0) is 24.0 Å². The van der Waals surface area contributed by atoms with Gasteiger partial charge in [0.15, 0.2) is 0 Å². The summed E-state index contributed by atoms with van der Waals surface area (Å²) in [6.07, 6.45) is 2.55. The van der Waals surface area contributed by atoms with E-state index in [1.807, 2.05) is 18.2 Å². The third-order valence-corrected chi connectivity index (χ3v) is 4.61. The zero-order valence-corrected chi connectivity index (χ0v) is 12.0. The third kappa shape index (κ3) is 2.01. The van der Waals surface area contributed by atoms with Gasteiger partial charge in [0.1, 0.15) is 5.76 Å². The summed E-state index contributed by atoms with van der Waals surface area (Å²) >= 11 is 0. The molecule has 20 heavy (non-hydrogen) atoms. The second-order valence-electron chi connectivity index (χ2n) is 5.89. The van der Waals surface area contributed by atoms with E-state index in [1.165, 1.54) is 18.2 Å². The molecule has 0 spiro atoms. The fraction of sp³-hybridized carbons (Fsp3) is 0.471. The predicted molar refractivity (Wildman–Crippen MR) is 76.0 cm³/mol. The number of methoxy groups -OCH3 is 1. The van der Waals surface area contributed by atoms with Crippen LogP contribution in [0, 0.1) is 11.3 Å². The van der Waals surface area contributed by atoms with Gasteiger partial charge in [-0.3, -0.25) is 4.79 Å². The SMILES string of the molecule is COC(=O)[C@H]1CC2=C(OCC2)[C@]1(C)Cc1ccccc1. The highest BCUT2D eigenvalue weighted by Gasteiger charge is 2.51. The Morgan fingerprint density at radius 3 is 2.85 bits per heavy atom. The molecule has 0 saturated carbocycles. The van der Waals surface area contributed by atoms with Crippen LogP contribution in [0.2, 0.25) is 0 Å². The highest BCUT2D eigenvalue weighted by Crippen LogP contribution is 2.53. The minimum absolute atomic E-state index is 0.124. The highest BCUT2D eigenvalue weighted by molar-refractivity contribution is 5.75. The topological polar surface area (TPSA) is 35.5 Å². The average Bonchev–Trinajstić information content (AvgIpc) is 3.02. The Balaban J connectivity index is 1.94. The van der Waals surface area contributed by atoms with E-state index in [-0.39, 0.29) is 17.3 Å². The van der Waals surface area contributed by atoms with Crippen molar-refractivity contribution in [2.75, 3.05) is 13.7 Å². The number of esters is 1. The minimum atomic E-state index is -0.277. The molecular weight excluding hydrogens is 252 g/mol. The van der Waals surface area contributed by atoms with E-state index >= 15 is 0 Å². The molecule has 2 atom stereocenters. The summed E-state index contributed by atoms with van der Waals surface area (Å²) in [6.45, 7) is 2.89. The minimum Gasteiger partial charge on any atom is -0.497 e. The zero-order chi connectivity index (χ0) is 14.2. The van der Waals surface area contributed by atoms with Crippen molar-refractivity contribution in [3.05, 3.63) is 47.2 Å². The summed E-state index contributed by atoms with van der Waals surface area (Å²) in [5, 5.41) is 0. The number of hydrogen-bond donors (Lipinski definition) is 0. The molecule has 3 heteroatoms. The van der Waals surface area contributed by atoms with Crippen molar-refractivity contribution in [3.8, 4) is 0 Å². The molecule has 1 aliphatic heterocycles. The van der Waals surface area contributed by atoms with Crippen LogP contribution in [-0.2, 0) is 20.7 Å². The lowest BCUT2D eigenvalue weighted by molar-refractivity contribution is -0.149. The van der Waals surface area contributed by atoms with Gasteiger partial charge >= 0.3 is 5.97 Å². The molecule has 0 N–H and O–H groups in total. The van der Waals surface area contributed by atoms with Gasteiger partial charge in [0.2, 0.25) is 0 Å². The van der Waals surface area contributed by atoms with Gasteiger partial charge in [-0.2, -0.15) is 0 Å². The van der Waals surface area contributed by atoms with Crippen molar-refractivity contribution in [3.63, 3.8) is 0 Å². The first-order chi connectivity index (χ1) is 9.65. The quantitative estimate of drug-likeness (QED) is 0.793. The standard InChI is InChI=1S/C17H20O3/c1-17(11-12-6-4-3-5-7-12)14(16(18)19-2)10-13-8-9-20-15(13)17/h3-7,14H,8-11H2,1-2H3/t14-,17-/m1/s1.